The highest BCUT2D eigenvalue weighted by molar-refractivity contribution is 5.76. The predicted octanol–water partition coefficient (Wildman–Crippen LogP) is 1.22. The highest BCUT2D eigenvalue weighted by atomic mass is 16.1. The summed E-state index contributed by atoms with van der Waals surface area (Å²) in [6, 6.07) is 9.56. The van der Waals surface area contributed by atoms with Gasteiger partial charge in [0.05, 0.1) is 0 Å². The van der Waals surface area contributed by atoms with E-state index in [-0.39, 0.29) is 11.9 Å². The summed E-state index contributed by atoms with van der Waals surface area (Å²) < 4.78 is 0. The van der Waals surface area contributed by atoms with Gasteiger partial charge in [0.1, 0.15) is 0 Å². The third kappa shape index (κ3) is 6.29. The molecule has 1 aliphatic heterocycles. The molecule has 128 valence electrons. The Morgan fingerprint density at radius 1 is 1.17 bits per heavy atom. The van der Waals surface area contributed by atoms with Crippen LogP contribution in [0.2, 0.25) is 0 Å². The van der Waals surface area contributed by atoms with Gasteiger partial charge in [-0.05, 0) is 25.1 Å². The molecule has 23 heavy (non-hydrogen) atoms. The first kappa shape index (κ1) is 17.9. The van der Waals surface area contributed by atoms with Crippen LogP contribution in [0.5, 0.6) is 0 Å². The number of nitrogens with zero attached hydrogens (tertiary/aromatic N) is 2. The zero-order valence-electron chi connectivity index (χ0n) is 14.2. The largest absolute Gasteiger partial charge is 0.356 e. The molecule has 1 aromatic rings. The maximum Gasteiger partial charge on any atom is 0.221 e. The second kappa shape index (κ2) is 9.65. The van der Waals surface area contributed by atoms with Crippen molar-refractivity contribution in [2.24, 2.45) is 5.73 Å². The summed E-state index contributed by atoms with van der Waals surface area (Å²) in [5, 5.41) is 2.99. The third-order valence-corrected chi connectivity index (χ3v) is 4.52. The molecule has 1 saturated heterocycles. The van der Waals surface area contributed by atoms with E-state index in [1.807, 2.05) is 30.3 Å². The van der Waals surface area contributed by atoms with Crippen LogP contribution < -0.4 is 11.1 Å². The van der Waals surface area contributed by atoms with Crippen LogP contribution in [0.1, 0.15) is 31.4 Å². The Labute approximate surface area is 139 Å². The number of benzene rings is 1. The summed E-state index contributed by atoms with van der Waals surface area (Å²) >= 11 is 0. The van der Waals surface area contributed by atoms with E-state index in [9.17, 15) is 4.79 Å². The SMILES string of the molecule is CCN1CCN(CCCNC(=O)CC(N)c2ccccc2)CC1. The van der Waals surface area contributed by atoms with Gasteiger partial charge in [0.25, 0.3) is 0 Å². The second-order valence-corrected chi connectivity index (χ2v) is 6.20. The lowest BCUT2D eigenvalue weighted by Crippen LogP contribution is -2.46. The maximum absolute atomic E-state index is 11.9. The molecule has 1 atom stereocenters. The molecular formula is C18H30N4O. The molecular weight excluding hydrogens is 288 g/mol. The van der Waals surface area contributed by atoms with Crippen molar-refractivity contribution in [1.82, 2.24) is 15.1 Å². The van der Waals surface area contributed by atoms with Gasteiger partial charge in [-0.15, -0.1) is 0 Å². The first-order valence-corrected chi connectivity index (χ1v) is 8.71. The number of nitrogens with one attached hydrogen (secondary N) is 1. The van der Waals surface area contributed by atoms with Gasteiger partial charge in [-0.25, -0.2) is 0 Å². The number of nitrogens with two attached hydrogens (primary N) is 1. The molecule has 1 heterocycles. The van der Waals surface area contributed by atoms with Crippen LogP contribution in [0.4, 0.5) is 0 Å². The van der Waals surface area contributed by atoms with Crippen LogP contribution in [-0.2, 0) is 4.79 Å². The van der Waals surface area contributed by atoms with Crippen LogP contribution in [0.25, 0.3) is 0 Å². The molecule has 1 unspecified atom stereocenters. The van der Waals surface area contributed by atoms with Gasteiger partial charge in [0.15, 0.2) is 0 Å². The van der Waals surface area contributed by atoms with E-state index >= 15 is 0 Å². The van der Waals surface area contributed by atoms with E-state index in [1.165, 1.54) is 0 Å². The molecule has 0 saturated carbocycles. The molecule has 0 aliphatic carbocycles. The average Bonchev–Trinajstić information content (AvgIpc) is 2.60. The Hall–Kier alpha value is -1.43. The van der Waals surface area contributed by atoms with E-state index < -0.39 is 0 Å². The molecule has 0 radical (unpaired) electrons. The summed E-state index contributed by atoms with van der Waals surface area (Å²) in [6.07, 6.45) is 1.34. The number of rotatable bonds is 8. The number of amides is 1. The molecule has 1 aromatic carbocycles. The van der Waals surface area contributed by atoms with E-state index in [2.05, 4.69) is 22.0 Å². The molecule has 0 aromatic heterocycles. The van der Waals surface area contributed by atoms with Crippen LogP contribution in [0, 0.1) is 0 Å². The molecule has 5 nitrogen and oxygen atoms in total. The third-order valence-electron chi connectivity index (χ3n) is 4.52. The fraction of sp³-hybridized carbons (Fsp3) is 0.611. The van der Waals surface area contributed by atoms with Crippen LogP contribution >= 0.6 is 0 Å². The lowest BCUT2D eigenvalue weighted by atomic mass is 10.0. The van der Waals surface area contributed by atoms with Crippen molar-refractivity contribution in [1.29, 1.82) is 0 Å². The quantitative estimate of drug-likeness (QED) is 0.708. The first-order valence-electron chi connectivity index (χ1n) is 8.71. The zero-order valence-corrected chi connectivity index (χ0v) is 14.2. The highest BCUT2D eigenvalue weighted by Gasteiger charge is 2.15. The fourth-order valence-electron chi connectivity index (χ4n) is 2.95. The van der Waals surface area contributed by atoms with Gasteiger partial charge < -0.3 is 20.9 Å². The predicted molar refractivity (Wildman–Crippen MR) is 94.2 cm³/mol. The zero-order chi connectivity index (χ0) is 16.5. The van der Waals surface area contributed by atoms with Crippen molar-refractivity contribution in [3.05, 3.63) is 35.9 Å². The minimum atomic E-state index is -0.224. The minimum absolute atomic E-state index is 0.0390. The van der Waals surface area contributed by atoms with Gasteiger partial charge in [0, 0.05) is 45.2 Å². The van der Waals surface area contributed by atoms with Gasteiger partial charge in [-0.1, -0.05) is 37.3 Å². The molecule has 0 bridgehead atoms. The Morgan fingerprint density at radius 2 is 1.83 bits per heavy atom. The molecule has 5 heteroatoms. The monoisotopic (exact) mass is 318 g/mol. The minimum Gasteiger partial charge on any atom is -0.356 e. The van der Waals surface area contributed by atoms with E-state index in [1.54, 1.807) is 0 Å². The molecule has 0 spiro atoms. The summed E-state index contributed by atoms with van der Waals surface area (Å²) in [5.74, 6) is 0.0390. The lowest BCUT2D eigenvalue weighted by Gasteiger charge is -2.33. The van der Waals surface area contributed by atoms with Crippen molar-refractivity contribution in [3.63, 3.8) is 0 Å². The highest BCUT2D eigenvalue weighted by Crippen LogP contribution is 2.12. The van der Waals surface area contributed by atoms with E-state index in [4.69, 9.17) is 5.73 Å². The average molecular weight is 318 g/mol. The lowest BCUT2D eigenvalue weighted by molar-refractivity contribution is -0.121. The molecule has 1 aliphatic rings. The first-order chi connectivity index (χ1) is 11.2. The summed E-state index contributed by atoms with van der Waals surface area (Å²) in [6.45, 7) is 9.75. The summed E-state index contributed by atoms with van der Waals surface area (Å²) in [4.78, 5) is 16.9. The topological polar surface area (TPSA) is 61.6 Å². The van der Waals surface area contributed by atoms with E-state index in [0.717, 1.165) is 57.8 Å². The Kier molecular flexibility index (Phi) is 7.52. The standard InChI is InChI=1S/C18H30N4O/c1-2-21-11-13-22(14-12-21)10-6-9-20-18(23)15-17(19)16-7-4-3-5-8-16/h3-5,7-8,17H,2,6,9-15,19H2,1H3,(H,20,23). The number of carbonyl (C=O) groups is 1. The molecule has 3 N–H and O–H groups in total. The number of carbonyl (C=O) groups excluding carboxylic acids is 1. The molecule has 1 amide bonds. The second-order valence-electron chi connectivity index (χ2n) is 6.20. The fourth-order valence-corrected chi connectivity index (χ4v) is 2.95. The van der Waals surface area contributed by atoms with E-state index in [0.29, 0.717) is 6.42 Å². The molecule has 2 rings (SSSR count). The van der Waals surface area contributed by atoms with Gasteiger partial charge in [-0.2, -0.15) is 0 Å². The van der Waals surface area contributed by atoms with Crippen molar-refractivity contribution in [2.45, 2.75) is 25.8 Å². The Balaban J connectivity index is 1.57. The van der Waals surface area contributed by atoms with Crippen molar-refractivity contribution in [2.75, 3.05) is 45.8 Å². The Bertz CT molecular complexity index is 457. The van der Waals surface area contributed by atoms with Gasteiger partial charge in [0.2, 0.25) is 5.91 Å². The van der Waals surface area contributed by atoms with Crippen molar-refractivity contribution < 1.29 is 4.79 Å². The van der Waals surface area contributed by atoms with Crippen LogP contribution in [0.3, 0.4) is 0 Å². The van der Waals surface area contributed by atoms with Crippen molar-refractivity contribution in [3.8, 4) is 0 Å². The molecule has 1 fully saturated rings. The van der Waals surface area contributed by atoms with Crippen molar-refractivity contribution >= 4 is 5.91 Å². The van der Waals surface area contributed by atoms with Gasteiger partial charge in [-0.3, -0.25) is 4.79 Å². The maximum atomic E-state index is 11.9. The smallest absolute Gasteiger partial charge is 0.221 e. The van der Waals surface area contributed by atoms with Gasteiger partial charge >= 0.3 is 0 Å². The van der Waals surface area contributed by atoms with Crippen LogP contribution in [-0.4, -0.2) is 61.5 Å². The number of hydrogen-bond acceptors (Lipinski definition) is 4. The summed E-state index contributed by atoms with van der Waals surface area (Å²) in [7, 11) is 0. The number of hydrogen-bond donors (Lipinski definition) is 2. The Morgan fingerprint density at radius 3 is 2.48 bits per heavy atom. The number of likely N-dealkylation sites (N-methyl/N-ethyl adjacent to an activating group) is 1. The normalized spacial score (nSPS) is 17.8. The summed E-state index contributed by atoms with van der Waals surface area (Å²) in [5.41, 5.74) is 7.08. The number of piperazine rings is 1. The van der Waals surface area contributed by atoms with Crippen LogP contribution in [0.15, 0.2) is 30.3 Å².